The van der Waals surface area contributed by atoms with E-state index in [-0.39, 0.29) is 31.9 Å². The Morgan fingerprint density at radius 2 is 2.19 bits per heavy atom. The van der Waals surface area contributed by atoms with E-state index in [0.717, 1.165) is 6.42 Å². The molecule has 1 aliphatic rings. The standard InChI is InChI=1S/C12H14BrClN2O4S/c1-16(8-2-3-20-6-8)12(17)7-4-9(14)11(13)10(5-7)21(15,18)19/h4-5,8H,2-3,6H2,1H3,(H2,15,18,19). The summed E-state index contributed by atoms with van der Waals surface area (Å²) in [7, 11) is -2.34. The van der Waals surface area contributed by atoms with Gasteiger partial charge in [-0.3, -0.25) is 4.79 Å². The summed E-state index contributed by atoms with van der Waals surface area (Å²) in [4.78, 5) is 13.7. The Morgan fingerprint density at radius 3 is 2.71 bits per heavy atom. The second-order valence-corrected chi connectivity index (χ2v) is 7.48. The zero-order valence-corrected chi connectivity index (χ0v) is 14.3. The van der Waals surface area contributed by atoms with E-state index < -0.39 is 10.0 Å². The highest BCUT2D eigenvalue weighted by atomic mass is 79.9. The molecule has 1 amide bonds. The Kier molecular flexibility index (Phi) is 4.94. The first kappa shape index (κ1) is 16.7. The number of amides is 1. The zero-order chi connectivity index (χ0) is 15.8. The van der Waals surface area contributed by atoms with Gasteiger partial charge in [0.05, 0.1) is 27.0 Å². The van der Waals surface area contributed by atoms with Crippen molar-refractivity contribution in [2.45, 2.75) is 17.4 Å². The molecule has 0 spiro atoms. The number of primary sulfonamides is 1. The Labute approximate surface area is 136 Å². The smallest absolute Gasteiger partial charge is 0.254 e. The summed E-state index contributed by atoms with van der Waals surface area (Å²) in [5.41, 5.74) is 0.168. The molecule has 0 aromatic heterocycles. The normalized spacial score (nSPS) is 18.8. The molecule has 116 valence electrons. The van der Waals surface area contributed by atoms with Crippen LogP contribution in [0.4, 0.5) is 0 Å². The van der Waals surface area contributed by atoms with Gasteiger partial charge in [0.25, 0.3) is 5.91 Å². The molecule has 21 heavy (non-hydrogen) atoms. The maximum Gasteiger partial charge on any atom is 0.254 e. The predicted molar refractivity (Wildman–Crippen MR) is 81.8 cm³/mol. The zero-order valence-electron chi connectivity index (χ0n) is 11.2. The molecule has 1 aromatic carbocycles. The lowest BCUT2D eigenvalue weighted by Gasteiger charge is -2.23. The quantitative estimate of drug-likeness (QED) is 0.839. The summed E-state index contributed by atoms with van der Waals surface area (Å²) in [6, 6.07) is 2.60. The number of benzene rings is 1. The first-order chi connectivity index (χ1) is 9.71. The van der Waals surface area contributed by atoms with Gasteiger partial charge in [-0.2, -0.15) is 0 Å². The van der Waals surface area contributed by atoms with E-state index >= 15 is 0 Å². The molecule has 1 saturated heterocycles. The molecule has 0 saturated carbocycles. The molecule has 2 N–H and O–H groups in total. The van der Waals surface area contributed by atoms with Crippen molar-refractivity contribution in [2.24, 2.45) is 5.14 Å². The van der Waals surface area contributed by atoms with E-state index in [9.17, 15) is 13.2 Å². The summed E-state index contributed by atoms with van der Waals surface area (Å²) in [6.45, 7) is 1.07. The summed E-state index contributed by atoms with van der Waals surface area (Å²) >= 11 is 9.04. The van der Waals surface area contributed by atoms with Crippen molar-refractivity contribution in [3.8, 4) is 0 Å². The van der Waals surface area contributed by atoms with Gasteiger partial charge in [-0.1, -0.05) is 11.6 Å². The average molecular weight is 398 g/mol. The van der Waals surface area contributed by atoms with Gasteiger partial charge in [0.15, 0.2) is 0 Å². The third kappa shape index (κ3) is 3.57. The van der Waals surface area contributed by atoms with Crippen molar-refractivity contribution in [1.82, 2.24) is 4.90 Å². The molecule has 2 rings (SSSR count). The van der Waals surface area contributed by atoms with Crippen LogP contribution in [0.25, 0.3) is 0 Å². The molecule has 0 aliphatic carbocycles. The Balaban J connectivity index is 2.40. The van der Waals surface area contributed by atoms with Crippen LogP contribution in [0, 0.1) is 0 Å². The minimum Gasteiger partial charge on any atom is -0.379 e. The highest BCUT2D eigenvalue weighted by Crippen LogP contribution is 2.31. The van der Waals surface area contributed by atoms with Gasteiger partial charge in [0, 0.05) is 19.2 Å². The molecule has 1 fully saturated rings. The van der Waals surface area contributed by atoms with Crippen molar-refractivity contribution in [3.63, 3.8) is 0 Å². The molecule has 1 aliphatic heterocycles. The van der Waals surface area contributed by atoms with Crippen LogP contribution in [0.2, 0.25) is 5.02 Å². The van der Waals surface area contributed by atoms with Crippen LogP contribution in [-0.4, -0.2) is 45.5 Å². The van der Waals surface area contributed by atoms with Crippen molar-refractivity contribution in [2.75, 3.05) is 20.3 Å². The molecule has 1 atom stereocenters. The fraction of sp³-hybridized carbons (Fsp3) is 0.417. The number of carbonyl (C=O) groups is 1. The third-order valence-corrected chi connectivity index (χ3v) is 5.90. The number of sulfonamides is 1. The maximum atomic E-state index is 12.4. The summed E-state index contributed by atoms with van der Waals surface area (Å²) < 4.78 is 28.5. The van der Waals surface area contributed by atoms with Crippen LogP contribution in [0.15, 0.2) is 21.5 Å². The summed E-state index contributed by atoms with van der Waals surface area (Å²) in [5.74, 6) is -0.329. The number of nitrogens with two attached hydrogens (primary N) is 1. The number of carbonyl (C=O) groups excluding carboxylic acids is 1. The maximum absolute atomic E-state index is 12.4. The number of nitrogens with zero attached hydrogens (tertiary/aromatic N) is 1. The fourth-order valence-electron chi connectivity index (χ4n) is 2.09. The van der Waals surface area contributed by atoms with Crippen LogP contribution < -0.4 is 5.14 Å². The van der Waals surface area contributed by atoms with Gasteiger partial charge in [-0.25, -0.2) is 13.6 Å². The summed E-state index contributed by atoms with van der Waals surface area (Å²) in [5, 5.41) is 5.24. The molecular formula is C12H14BrClN2O4S. The van der Waals surface area contributed by atoms with Gasteiger partial charge in [0.1, 0.15) is 0 Å². The van der Waals surface area contributed by atoms with Crippen molar-refractivity contribution in [3.05, 3.63) is 27.2 Å². The average Bonchev–Trinajstić information content (AvgIpc) is 2.92. The van der Waals surface area contributed by atoms with Crippen molar-refractivity contribution < 1.29 is 17.9 Å². The van der Waals surface area contributed by atoms with Crippen LogP contribution in [0.1, 0.15) is 16.8 Å². The number of hydrogen-bond donors (Lipinski definition) is 1. The Morgan fingerprint density at radius 1 is 1.52 bits per heavy atom. The molecule has 0 bridgehead atoms. The number of ether oxygens (including phenoxy) is 1. The van der Waals surface area contributed by atoms with Gasteiger partial charge in [-0.05, 0) is 34.5 Å². The largest absolute Gasteiger partial charge is 0.379 e. The Hall–Kier alpha value is -0.670. The van der Waals surface area contributed by atoms with Crippen LogP contribution in [0.3, 0.4) is 0 Å². The van der Waals surface area contributed by atoms with Crippen LogP contribution in [-0.2, 0) is 14.8 Å². The van der Waals surface area contributed by atoms with Gasteiger partial charge in [-0.15, -0.1) is 0 Å². The molecule has 0 radical (unpaired) electrons. The SMILES string of the molecule is CN(C(=O)c1cc(Cl)c(Br)c(S(N)(=O)=O)c1)C1CCOC1. The van der Waals surface area contributed by atoms with Crippen molar-refractivity contribution in [1.29, 1.82) is 0 Å². The number of hydrogen-bond acceptors (Lipinski definition) is 4. The molecule has 1 aromatic rings. The fourth-order valence-corrected chi connectivity index (χ4v) is 3.92. The third-order valence-electron chi connectivity index (χ3n) is 3.32. The van der Waals surface area contributed by atoms with E-state index in [4.69, 9.17) is 21.5 Å². The lowest BCUT2D eigenvalue weighted by atomic mass is 10.1. The highest BCUT2D eigenvalue weighted by Gasteiger charge is 2.27. The van der Waals surface area contributed by atoms with Gasteiger partial charge in [0.2, 0.25) is 10.0 Å². The minimum atomic E-state index is -3.98. The minimum absolute atomic E-state index is 0.0298. The van der Waals surface area contributed by atoms with Crippen LogP contribution >= 0.6 is 27.5 Å². The van der Waals surface area contributed by atoms with E-state index in [0.29, 0.717) is 13.2 Å². The number of halogens is 2. The lowest BCUT2D eigenvalue weighted by molar-refractivity contribution is 0.0711. The first-order valence-electron chi connectivity index (χ1n) is 6.08. The van der Waals surface area contributed by atoms with Crippen LogP contribution in [0.5, 0.6) is 0 Å². The van der Waals surface area contributed by atoms with Gasteiger partial charge >= 0.3 is 0 Å². The predicted octanol–water partition coefficient (Wildman–Crippen LogP) is 1.61. The Bertz CT molecular complexity index is 674. The highest BCUT2D eigenvalue weighted by molar-refractivity contribution is 9.10. The number of likely N-dealkylation sites (N-methyl/N-ethyl adjacent to an activating group) is 1. The molecule has 1 unspecified atom stereocenters. The molecule has 1 heterocycles. The number of rotatable bonds is 3. The second kappa shape index (κ2) is 6.21. The molecule has 6 nitrogen and oxygen atoms in total. The van der Waals surface area contributed by atoms with E-state index in [1.807, 2.05) is 0 Å². The summed E-state index contributed by atoms with van der Waals surface area (Å²) in [6.07, 6.45) is 0.745. The topological polar surface area (TPSA) is 89.7 Å². The van der Waals surface area contributed by atoms with Crippen molar-refractivity contribution >= 4 is 43.5 Å². The van der Waals surface area contributed by atoms with Gasteiger partial charge < -0.3 is 9.64 Å². The first-order valence-corrected chi connectivity index (χ1v) is 8.80. The van der Waals surface area contributed by atoms with E-state index in [2.05, 4.69) is 15.9 Å². The van der Waals surface area contributed by atoms with E-state index in [1.54, 1.807) is 7.05 Å². The van der Waals surface area contributed by atoms with E-state index in [1.165, 1.54) is 17.0 Å². The molecule has 9 heteroatoms. The molecular weight excluding hydrogens is 384 g/mol. The second-order valence-electron chi connectivity index (χ2n) is 4.75. The lowest BCUT2D eigenvalue weighted by Crippen LogP contribution is -2.37. The monoisotopic (exact) mass is 396 g/mol.